The molecule has 18 nitrogen and oxygen atoms in total. The Morgan fingerprint density at radius 1 is 1.11 bits per heavy atom. The first-order chi connectivity index (χ1) is 29.1. The van der Waals surface area contributed by atoms with Gasteiger partial charge in [0, 0.05) is 25.5 Å². The van der Waals surface area contributed by atoms with Crippen molar-refractivity contribution in [2.45, 2.75) is 149 Å². The van der Waals surface area contributed by atoms with Crippen LogP contribution in [0.2, 0.25) is 0 Å². The van der Waals surface area contributed by atoms with Gasteiger partial charge in [-0.1, -0.05) is 32.0 Å². The smallest absolute Gasteiger partial charge is 0.316 e. The molecule has 1 fully saturated rings. The zero-order valence-corrected chi connectivity index (χ0v) is 38.0. The number of esters is 2. The van der Waals surface area contributed by atoms with E-state index in [0.29, 0.717) is 34.4 Å². The first-order valence-corrected chi connectivity index (χ1v) is 21.2. The number of aromatic nitrogens is 1. The number of anilines is 1. The molecular weight excluding hydrogens is 807 g/mol. The monoisotopic (exact) mass is 871 g/mol. The Balaban J connectivity index is 1.69. The number of ether oxygens (including phenoxy) is 6. The van der Waals surface area contributed by atoms with Gasteiger partial charge in [0.05, 0.1) is 37.1 Å². The Hall–Kier alpha value is -4.46. The average Bonchev–Trinajstić information content (AvgIpc) is 3.57. The molecule has 62 heavy (non-hydrogen) atoms. The number of benzene rings is 1. The number of carbonyl (C=O) groups is 4. The van der Waals surface area contributed by atoms with Crippen molar-refractivity contribution in [3.8, 4) is 0 Å². The first kappa shape index (κ1) is 48.6. The summed E-state index contributed by atoms with van der Waals surface area (Å²) < 4.78 is 44.1. The number of oxazole rings is 1. The predicted octanol–water partition coefficient (Wildman–Crippen LogP) is 4.20. The number of hydrogen-bond donors (Lipinski definition) is 3. The van der Waals surface area contributed by atoms with Crippen LogP contribution in [0.25, 0.3) is 11.1 Å². The number of cyclic esters (lactones) is 1. The molecule has 1 aromatic heterocycles. The zero-order valence-electron chi connectivity index (χ0n) is 38.0. The lowest BCUT2D eigenvalue weighted by molar-refractivity contribution is -0.298. The molecule has 344 valence electrons. The van der Waals surface area contributed by atoms with Gasteiger partial charge in [-0.05, 0) is 97.2 Å². The van der Waals surface area contributed by atoms with Crippen LogP contribution in [-0.4, -0.2) is 126 Å². The van der Waals surface area contributed by atoms with Crippen molar-refractivity contribution in [2.24, 2.45) is 22.9 Å². The van der Waals surface area contributed by atoms with Crippen LogP contribution >= 0.6 is 0 Å². The highest BCUT2D eigenvalue weighted by atomic mass is 16.7. The van der Waals surface area contributed by atoms with Gasteiger partial charge in [-0.3, -0.25) is 19.2 Å². The number of ketones is 1. The predicted molar refractivity (Wildman–Crippen MR) is 226 cm³/mol. The maximum atomic E-state index is 14.6. The van der Waals surface area contributed by atoms with Crippen LogP contribution in [0.4, 0.5) is 6.01 Å². The molecule has 12 atom stereocenters. The summed E-state index contributed by atoms with van der Waals surface area (Å²) in [5, 5.41) is 19.9. The lowest BCUT2D eigenvalue weighted by Crippen LogP contribution is -2.60. The van der Waals surface area contributed by atoms with E-state index in [1.54, 1.807) is 45.9 Å². The molecule has 1 saturated heterocycles. The number of fused-ring (bicyclic) bond motifs is 5. The quantitative estimate of drug-likeness (QED) is 0.182. The number of aliphatic hydroxyl groups is 1. The molecule has 4 N–H and O–H groups in total. The molecule has 5 rings (SSSR count). The third-order valence-corrected chi connectivity index (χ3v) is 12.1. The fraction of sp³-hybridized carbons (Fsp3) is 0.682. The van der Waals surface area contributed by atoms with Crippen LogP contribution in [0, 0.1) is 17.8 Å². The van der Waals surface area contributed by atoms with E-state index in [1.807, 2.05) is 32.8 Å². The van der Waals surface area contributed by atoms with Crippen molar-refractivity contribution >= 4 is 46.5 Å². The third kappa shape index (κ3) is 11.0. The van der Waals surface area contributed by atoms with Gasteiger partial charge in [-0.25, -0.2) is 0 Å². The number of allylic oxidation sites excluding steroid dienone is 1. The molecule has 4 heterocycles. The normalized spacial score (nSPS) is 34.9. The number of nitrogens with one attached hydrogen (secondary N) is 1. The molecule has 3 aliphatic rings. The Morgan fingerprint density at radius 3 is 2.47 bits per heavy atom. The van der Waals surface area contributed by atoms with Crippen molar-refractivity contribution in [2.75, 3.05) is 33.0 Å². The lowest BCUT2D eigenvalue weighted by atomic mass is 9.76. The Morgan fingerprint density at radius 2 is 1.82 bits per heavy atom. The van der Waals surface area contributed by atoms with Gasteiger partial charge in [-0.15, -0.1) is 0 Å². The summed E-state index contributed by atoms with van der Waals surface area (Å²) in [4.78, 5) is 66.2. The summed E-state index contributed by atoms with van der Waals surface area (Å²) in [7, 11) is 3.74. The minimum atomic E-state index is -1.90. The van der Waals surface area contributed by atoms with Gasteiger partial charge in [0.1, 0.15) is 41.6 Å². The van der Waals surface area contributed by atoms with Crippen LogP contribution in [0.5, 0.6) is 0 Å². The fourth-order valence-electron chi connectivity index (χ4n) is 9.02. The standard InChI is InChI=1S/C44H65N5O13/c1-13-34-44(10,54)39-24(4)35(46-27(7)50)22(2)18-43(9,56-21-30(20-55-39)48-57-19-29-14-15-33-31(17-29)47-42(45)60-33)38(25(5)36(52)26(6)40(53)61-34)62-41-37(59-28(8)51)32(49(11)12)16-23(3)58-41/h14-15,17,22-23,25-26,32,34,37-39,41,54H,13,16,18-21H2,1-12H3,(H2,45,47)(H,46,50)/t22-,23-,25+,26-,32+,34-,37-,38-,39-,41+,43-,44-/m1/s1. The molecule has 18 heteroatoms. The van der Waals surface area contributed by atoms with Gasteiger partial charge in [0.25, 0.3) is 6.01 Å². The molecule has 0 spiro atoms. The first-order valence-electron chi connectivity index (χ1n) is 21.2. The van der Waals surface area contributed by atoms with E-state index < -0.39 is 77.4 Å². The second kappa shape index (κ2) is 19.9. The Labute approximate surface area is 363 Å². The van der Waals surface area contributed by atoms with E-state index in [1.165, 1.54) is 27.7 Å². The van der Waals surface area contributed by atoms with Gasteiger partial charge in [0.15, 0.2) is 23.8 Å². The Bertz CT molecular complexity index is 2010. The number of nitrogens with zero attached hydrogens (tertiary/aromatic N) is 3. The summed E-state index contributed by atoms with van der Waals surface area (Å²) in [6.07, 6.45) is -5.21. The molecule has 1 aromatic carbocycles. The molecule has 0 unspecified atom stereocenters. The minimum absolute atomic E-state index is 0.0120. The number of likely N-dealkylation sites (N-methyl/N-ethyl adjacent to an activating group) is 1. The largest absolute Gasteiger partial charge is 0.459 e. The van der Waals surface area contributed by atoms with Gasteiger partial charge in [-0.2, -0.15) is 4.98 Å². The topological polar surface area (TPSA) is 233 Å². The van der Waals surface area contributed by atoms with Crippen LogP contribution in [0.15, 0.2) is 39.0 Å². The summed E-state index contributed by atoms with van der Waals surface area (Å²) in [6.45, 7) is 15.8. The zero-order chi connectivity index (χ0) is 45.8. The highest BCUT2D eigenvalue weighted by Gasteiger charge is 2.52. The van der Waals surface area contributed by atoms with E-state index >= 15 is 0 Å². The molecular formula is C44H65N5O13. The average molecular weight is 872 g/mol. The third-order valence-electron chi connectivity index (χ3n) is 12.1. The van der Waals surface area contributed by atoms with E-state index in [9.17, 15) is 24.3 Å². The summed E-state index contributed by atoms with van der Waals surface area (Å²) >= 11 is 0. The SMILES string of the molecule is CC[C@H]1OC(=O)[C@H](C)C(=O)[C@H](C)[C@@H](O[C@@H]2O[C@H](C)C[C@H](N(C)C)[C@H]2OC(C)=O)[C@@]2(C)C[C@@H](C)C(NC(C)=O)=C(C)[C@@H](OCC(=NOCc3ccc4oc(N)nc4c3)CO2)[C@]1(C)O. The summed E-state index contributed by atoms with van der Waals surface area (Å²) in [5.41, 5.74) is 5.31. The molecule has 0 saturated carbocycles. The van der Waals surface area contributed by atoms with Crippen molar-refractivity contribution in [1.29, 1.82) is 0 Å². The summed E-state index contributed by atoms with van der Waals surface area (Å²) in [6, 6.07) is 4.98. The van der Waals surface area contributed by atoms with Crippen molar-refractivity contribution in [1.82, 2.24) is 15.2 Å². The lowest BCUT2D eigenvalue weighted by Gasteiger charge is -2.48. The maximum absolute atomic E-state index is 14.6. The fourth-order valence-corrected chi connectivity index (χ4v) is 9.02. The molecule has 0 radical (unpaired) electrons. The number of hydrogen-bond acceptors (Lipinski definition) is 17. The molecule has 3 aliphatic heterocycles. The number of rotatable bonds is 9. The van der Waals surface area contributed by atoms with Crippen molar-refractivity contribution in [3.63, 3.8) is 0 Å². The highest BCUT2D eigenvalue weighted by molar-refractivity contribution is 6.00. The minimum Gasteiger partial charge on any atom is -0.459 e. The second-order valence-electron chi connectivity index (χ2n) is 17.6. The number of nitrogen functional groups attached to an aromatic ring is 1. The number of amides is 1. The number of oxime groups is 1. The number of carbonyl (C=O) groups excluding carboxylic acids is 4. The van der Waals surface area contributed by atoms with Gasteiger partial charge < -0.3 is 58.7 Å². The number of Topliss-reactive ketones (excluding diaryl/α,β-unsaturated/α-hetero) is 1. The van der Waals surface area contributed by atoms with Gasteiger partial charge in [0.2, 0.25) is 5.91 Å². The van der Waals surface area contributed by atoms with Crippen LogP contribution in [0.1, 0.15) is 94.1 Å². The Kier molecular flexibility index (Phi) is 15.6. The molecule has 2 aromatic rings. The van der Waals surface area contributed by atoms with E-state index in [2.05, 4.69) is 15.5 Å². The highest BCUT2D eigenvalue weighted by Crippen LogP contribution is 2.41. The molecule has 2 bridgehead atoms. The van der Waals surface area contributed by atoms with E-state index in [-0.39, 0.29) is 62.4 Å². The van der Waals surface area contributed by atoms with Crippen molar-refractivity contribution < 1.29 is 62.0 Å². The van der Waals surface area contributed by atoms with Crippen LogP contribution < -0.4 is 11.1 Å². The van der Waals surface area contributed by atoms with Crippen molar-refractivity contribution in [3.05, 3.63) is 35.0 Å². The van der Waals surface area contributed by atoms with E-state index in [4.69, 9.17) is 43.4 Å². The number of nitrogens with two attached hydrogens (primary N) is 1. The molecule has 0 aliphatic carbocycles. The van der Waals surface area contributed by atoms with Crippen LogP contribution in [0.3, 0.4) is 0 Å². The van der Waals surface area contributed by atoms with Gasteiger partial charge >= 0.3 is 11.9 Å². The maximum Gasteiger partial charge on any atom is 0.316 e. The van der Waals surface area contributed by atoms with Crippen LogP contribution in [-0.2, 0) is 59.0 Å². The summed E-state index contributed by atoms with van der Waals surface area (Å²) in [5.74, 6) is -5.21. The molecule has 1 amide bonds. The second-order valence-corrected chi connectivity index (χ2v) is 17.6. The van der Waals surface area contributed by atoms with E-state index in [0.717, 1.165) is 0 Å².